The van der Waals surface area contributed by atoms with Crippen molar-refractivity contribution in [3.8, 4) is 5.75 Å². The Balaban J connectivity index is 1.51. The normalized spacial score (nSPS) is 16.0. The molecule has 0 radical (unpaired) electrons. The van der Waals surface area contributed by atoms with Crippen molar-refractivity contribution in [3.05, 3.63) is 34.3 Å². The van der Waals surface area contributed by atoms with E-state index in [2.05, 4.69) is 21.3 Å². The molecule has 1 fully saturated rings. The maximum absolute atomic E-state index is 12.6. The van der Waals surface area contributed by atoms with Crippen molar-refractivity contribution >= 4 is 40.9 Å². The molecule has 0 spiro atoms. The van der Waals surface area contributed by atoms with Crippen LogP contribution in [0.1, 0.15) is 69.0 Å². The highest BCUT2D eigenvalue weighted by atomic mass is 32.2. The molecule has 0 aromatic carbocycles. The predicted molar refractivity (Wildman–Crippen MR) is 158 cm³/mol. The van der Waals surface area contributed by atoms with E-state index in [1.165, 1.54) is 37.9 Å². The van der Waals surface area contributed by atoms with Gasteiger partial charge in [0.2, 0.25) is 5.95 Å². The first kappa shape index (κ1) is 28.4. The lowest BCUT2D eigenvalue weighted by Gasteiger charge is -2.26. The molecule has 3 aromatic heterocycles. The lowest BCUT2D eigenvalue weighted by molar-refractivity contribution is 0.0634. The largest absolute Gasteiger partial charge is 0.496 e. The topological polar surface area (TPSA) is 107 Å². The summed E-state index contributed by atoms with van der Waals surface area (Å²) in [6.45, 7) is 13.3. The zero-order chi connectivity index (χ0) is 28.4. The van der Waals surface area contributed by atoms with E-state index in [1.807, 2.05) is 45.5 Å². The first-order chi connectivity index (χ1) is 19.1. The van der Waals surface area contributed by atoms with Gasteiger partial charge in [0.25, 0.3) is 0 Å². The number of piperidine rings is 1. The van der Waals surface area contributed by atoms with Gasteiger partial charge in [-0.15, -0.1) is 11.8 Å². The van der Waals surface area contributed by atoms with E-state index in [-0.39, 0.29) is 5.95 Å². The molecule has 0 bridgehead atoms. The van der Waals surface area contributed by atoms with E-state index in [1.54, 1.807) is 18.9 Å². The van der Waals surface area contributed by atoms with Crippen LogP contribution in [0, 0.1) is 13.8 Å². The number of thioether (sulfide) groups is 1. The number of aryl methyl sites for hydroxylation is 1. The second-order valence-electron chi connectivity index (χ2n) is 11.5. The zero-order valence-electron chi connectivity index (χ0n) is 24.3. The molecule has 0 saturated carbocycles. The molecule has 5 rings (SSSR count). The predicted octanol–water partition coefficient (Wildman–Crippen LogP) is 5.61. The van der Waals surface area contributed by atoms with Gasteiger partial charge in [-0.2, -0.15) is 10.1 Å². The summed E-state index contributed by atoms with van der Waals surface area (Å²) in [7, 11) is 1.67. The summed E-state index contributed by atoms with van der Waals surface area (Å²) in [6.07, 6.45) is 8.31. The molecule has 3 aromatic rings. The fourth-order valence-corrected chi connectivity index (χ4v) is 6.27. The second kappa shape index (κ2) is 11.7. The molecule has 1 saturated heterocycles. The van der Waals surface area contributed by atoms with E-state index < -0.39 is 11.7 Å². The molecule has 214 valence electrons. The number of ether oxygens (including phenoxy) is 2. The van der Waals surface area contributed by atoms with Crippen LogP contribution in [0.3, 0.4) is 0 Å². The quantitative estimate of drug-likeness (QED) is 0.366. The van der Waals surface area contributed by atoms with Gasteiger partial charge < -0.3 is 14.4 Å². The summed E-state index contributed by atoms with van der Waals surface area (Å²) in [6, 6.07) is 0. The minimum absolute atomic E-state index is 0.194. The molecule has 0 aliphatic carbocycles. The number of rotatable bonds is 7. The maximum atomic E-state index is 12.6. The van der Waals surface area contributed by atoms with Crippen molar-refractivity contribution in [3.63, 3.8) is 0 Å². The molecule has 0 unspecified atom stereocenters. The molecule has 2 aliphatic heterocycles. The van der Waals surface area contributed by atoms with Crippen LogP contribution in [0.15, 0.2) is 16.8 Å². The first-order valence-electron chi connectivity index (χ1n) is 13.9. The highest BCUT2D eigenvalue weighted by Gasteiger charge is 2.25. The SMILES string of the molecule is COc1c(C)cnc(Cn2nc3c4c(nc(NC(=O)OC(C)(C)C)nc42)SCC(CCN2CCCCC2)=C3)c1C. The van der Waals surface area contributed by atoms with E-state index in [0.29, 0.717) is 12.2 Å². The number of amides is 1. The van der Waals surface area contributed by atoms with E-state index in [9.17, 15) is 4.79 Å². The molecule has 11 heteroatoms. The minimum atomic E-state index is -0.634. The average molecular weight is 566 g/mol. The fraction of sp³-hybridized carbons (Fsp3) is 0.552. The number of hydrogen-bond donors (Lipinski definition) is 1. The van der Waals surface area contributed by atoms with Gasteiger partial charge in [-0.25, -0.2) is 14.5 Å². The van der Waals surface area contributed by atoms with Gasteiger partial charge in [-0.05, 0) is 73.0 Å². The Morgan fingerprint density at radius 3 is 2.65 bits per heavy atom. The Kier molecular flexibility index (Phi) is 8.32. The second-order valence-corrected chi connectivity index (χ2v) is 12.5. The van der Waals surface area contributed by atoms with Crippen molar-refractivity contribution in [2.45, 2.75) is 77.5 Å². The lowest BCUT2D eigenvalue weighted by Crippen LogP contribution is -2.30. The Morgan fingerprint density at radius 1 is 1.15 bits per heavy atom. The minimum Gasteiger partial charge on any atom is -0.496 e. The van der Waals surface area contributed by atoms with Crippen LogP contribution in [-0.4, -0.2) is 73.8 Å². The van der Waals surface area contributed by atoms with Crippen LogP contribution in [0.4, 0.5) is 10.7 Å². The fourth-order valence-electron chi connectivity index (χ4n) is 5.23. The summed E-state index contributed by atoms with van der Waals surface area (Å²) in [5, 5.41) is 9.43. The van der Waals surface area contributed by atoms with Gasteiger partial charge >= 0.3 is 6.09 Å². The third kappa shape index (κ3) is 6.41. The first-order valence-corrected chi connectivity index (χ1v) is 14.9. The van der Waals surface area contributed by atoms with Crippen molar-refractivity contribution in [1.29, 1.82) is 0 Å². The number of methoxy groups -OCH3 is 1. The van der Waals surface area contributed by atoms with E-state index in [4.69, 9.17) is 24.5 Å². The monoisotopic (exact) mass is 565 g/mol. The molecule has 40 heavy (non-hydrogen) atoms. The van der Waals surface area contributed by atoms with Gasteiger partial charge in [0.15, 0.2) is 5.65 Å². The highest BCUT2D eigenvalue weighted by Crippen LogP contribution is 2.36. The number of nitrogens with one attached hydrogen (secondary N) is 1. The number of anilines is 1. The van der Waals surface area contributed by atoms with Crippen LogP contribution in [0.2, 0.25) is 0 Å². The van der Waals surface area contributed by atoms with Gasteiger partial charge in [0, 0.05) is 29.6 Å². The summed E-state index contributed by atoms with van der Waals surface area (Å²) in [5.41, 5.74) is 4.98. The van der Waals surface area contributed by atoms with Crippen LogP contribution in [0.5, 0.6) is 5.75 Å². The van der Waals surface area contributed by atoms with E-state index >= 15 is 0 Å². The lowest BCUT2D eigenvalue weighted by atomic mass is 10.1. The maximum Gasteiger partial charge on any atom is 0.414 e. The average Bonchev–Trinajstić information content (AvgIpc) is 3.12. The Bertz CT molecular complexity index is 1440. The third-order valence-corrected chi connectivity index (χ3v) is 8.26. The molecular weight excluding hydrogens is 526 g/mol. The molecular formula is C29H39N7O3S. The number of carbonyl (C=O) groups excluding carboxylic acids is 1. The van der Waals surface area contributed by atoms with Crippen LogP contribution >= 0.6 is 11.8 Å². The number of pyridine rings is 1. The molecule has 5 heterocycles. The van der Waals surface area contributed by atoms with Gasteiger partial charge in [-0.3, -0.25) is 10.3 Å². The van der Waals surface area contributed by atoms with Gasteiger partial charge in [0.1, 0.15) is 16.4 Å². The summed E-state index contributed by atoms with van der Waals surface area (Å²) in [4.78, 5) is 29.3. The van der Waals surface area contributed by atoms with Gasteiger partial charge in [0.05, 0.1) is 30.4 Å². The Morgan fingerprint density at radius 2 is 1.93 bits per heavy atom. The molecule has 1 N–H and O–H groups in total. The van der Waals surface area contributed by atoms with Crippen LogP contribution < -0.4 is 10.1 Å². The van der Waals surface area contributed by atoms with Crippen molar-refractivity contribution in [2.24, 2.45) is 0 Å². The van der Waals surface area contributed by atoms with Crippen LogP contribution in [-0.2, 0) is 11.3 Å². The van der Waals surface area contributed by atoms with Crippen molar-refractivity contribution in [2.75, 3.05) is 37.8 Å². The Hall–Kier alpha value is -3.18. The number of hydrogen-bond acceptors (Lipinski definition) is 9. The number of nitrogens with zero attached hydrogens (tertiary/aromatic N) is 6. The number of likely N-dealkylation sites (tertiary alicyclic amines) is 1. The van der Waals surface area contributed by atoms with Crippen molar-refractivity contribution in [1.82, 2.24) is 29.6 Å². The summed E-state index contributed by atoms with van der Waals surface area (Å²) in [5.74, 6) is 1.83. The molecule has 0 atom stereocenters. The Labute approximate surface area is 239 Å². The highest BCUT2D eigenvalue weighted by molar-refractivity contribution is 7.99. The zero-order valence-corrected chi connectivity index (χ0v) is 25.2. The van der Waals surface area contributed by atoms with E-state index in [0.717, 1.165) is 57.4 Å². The molecule has 1 amide bonds. The smallest absolute Gasteiger partial charge is 0.414 e. The standard InChI is InChI=1S/C29H39N7O3S/c1-18-15-30-22(19(2)24(18)38-6)16-36-25-23-21(34-36)14-20(10-13-35-11-8-7-9-12-35)17-40-26(23)32-27(31-25)33-28(37)39-29(3,4)5/h14-15H,7-13,16-17H2,1-6H3,(H,31,32,33,37). The number of aromatic nitrogens is 5. The summed E-state index contributed by atoms with van der Waals surface area (Å²) < 4.78 is 12.9. The third-order valence-electron chi connectivity index (χ3n) is 7.18. The molecule has 10 nitrogen and oxygen atoms in total. The van der Waals surface area contributed by atoms with Gasteiger partial charge in [-0.1, -0.05) is 12.0 Å². The number of carbonyl (C=O) groups is 1. The van der Waals surface area contributed by atoms with Crippen LogP contribution in [0.25, 0.3) is 17.1 Å². The van der Waals surface area contributed by atoms with Crippen molar-refractivity contribution < 1.29 is 14.3 Å². The summed E-state index contributed by atoms with van der Waals surface area (Å²) >= 11 is 1.66. The molecule has 2 aliphatic rings.